The summed E-state index contributed by atoms with van der Waals surface area (Å²) in [6.45, 7) is 0. The summed E-state index contributed by atoms with van der Waals surface area (Å²) in [4.78, 5) is 22.2. The molecule has 1 N–H and O–H groups in total. The summed E-state index contributed by atoms with van der Waals surface area (Å²) in [6.07, 6.45) is 2.01. The molecule has 0 saturated heterocycles. The Balaban J connectivity index is 4.09. The number of hydrogen-bond acceptors (Lipinski definition) is 4. The number of ether oxygens (including phenoxy) is 1. The zero-order chi connectivity index (χ0) is 11.0. The van der Waals surface area contributed by atoms with Crippen molar-refractivity contribution in [1.29, 1.82) is 0 Å². The van der Waals surface area contributed by atoms with E-state index in [0.717, 1.165) is 5.75 Å². The molecule has 1 unspecified atom stereocenters. The lowest BCUT2D eigenvalue weighted by Gasteiger charge is -2.14. The van der Waals surface area contributed by atoms with Crippen LogP contribution >= 0.6 is 27.7 Å². The number of halogens is 1. The topological polar surface area (TPSA) is 55.4 Å². The lowest BCUT2D eigenvalue weighted by Crippen LogP contribution is -2.41. The number of Topliss-reactive ketones (excluding diaryl/α,β-unsaturated/α-hetero) is 1. The van der Waals surface area contributed by atoms with Gasteiger partial charge in [-0.2, -0.15) is 11.8 Å². The van der Waals surface area contributed by atoms with E-state index in [1.807, 2.05) is 6.26 Å². The zero-order valence-corrected chi connectivity index (χ0v) is 10.6. The third-order valence-corrected chi connectivity index (χ3v) is 2.81. The number of nitrogens with one attached hydrogen (secondary N) is 1. The average molecular weight is 284 g/mol. The molecule has 1 atom stereocenters. The molecule has 0 aromatic carbocycles. The molecule has 0 fully saturated rings. The fourth-order valence-electron chi connectivity index (χ4n) is 0.844. The van der Waals surface area contributed by atoms with Gasteiger partial charge in [0.1, 0.15) is 0 Å². The number of alkyl carbamates (subject to hydrolysis) is 1. The van der Waals surface area contributed by atoms with Crippen LogP contribution in [0.4, 0.5) is 4.79 Å². The minimum atomic E-state index is -0.564. The van der Waals surface area contributed by atoms with E-state index in [9.17, 15) is 9.59 Å². The van der Waals surface area contributed by atoms with Crippen LogP contribution in [-0.2, 0) is 9.53 Å². The zero-order valence-electron chi connectivity index (χ0n) is 8.21. The van der Waals surface area contributed by atoms with Crippen molar-refractivity contribution < 1.29 is 14.3 Å². The maximum absolute atomic E-state index is 11.3. The van der Waals surface area contributed by atoms with Crippen molar-refractivity contribution >= 4 is 39.6 Å². The molecule has 0 rings (SSSR count). The Kier molecular flexibility index (Phi) is 7.98. The van der Waals surface area contributed by atoms with E-state index in [1.165, 1.54) is 7.11 Å². The number of ketones is 1. The number of carbonyl (C=O) groups excluding carboxylic acids is 2. The normalized spacial score (nSPS) is 11.9. The average Bonchev–Trinajstić information content (AvgIpc) is 2.22. The van der Waals surface area contributed by atoms with Crippen LogP contribution in [-0.4, -0.2) is 42.4 Å². The molecule has 0 aromatic heterocycles. The van der Waals surface area contributed by atoms with Gasteiger partial charge in [0.05, 0.1) is 18.5 Å². The van der Waals surface area contributed by atoms with Crippen molar-refractivity contribution in [2.45, 2.75) is 12.5 Å². The van der Waals surface area contributed by atoms with E-state index in [0.29, 0.717) is 6.42 Å². The quantitative estimate of drug-likeness (QED) is 0.750. The van der Waals surface area contributed by atoms with Gasteiger partial charge >= 0.3 is 6.09 Å². The molecule has 4 nitrogen and oxygen atoms in total. The first-order valence-electron chi connectivity index (χ1n) is 4.07. The predicted molar refractivity (Wildman–Crippen MR) is 61.1 cm³/mol. The van der Waals surface area contributed by atoms with Gasteiger partial charge in [-0.05, 0) is 18.4 Å². The van der Waals surface area contributed by atoms with Crippen LogP contribution in [0.2, 0.25) is 0 Å². The minimum absolute atomic E-state index is 0.0375. The molecule has 0 bridgehead atoms. The molecule has 0 aliphatic heterocycles. The monoisotopic (exact) mass is 283 g/mol. The number of hydrogen-bond donors (Lipinski definition) is 1. The Morgan fingerprint density at radius 1 is 1.57 bits per heavy atom. The highest BCUT2D eigenvalue weighted by Crippen LogP contribution is 2.03. The Morgan fingerprint density at radius 2 is 2.21 bits per heavy atom. The predicted octanol–water partition coefficient (Wildman–Crippen LogP) is 1.43. The molecule has 0 heterocycles. The third kappa shape index (κ3) is 5.49. The molecule has 0 aliphatic rings. The van der Waals surface area contributed by atoms with Crippen molar-refractivity contribution in [3.8, 4) is 0 Å². The largest absolute Gasteiger partial charge is 0.453 e. The van der Waals surface area contributed by atoms with E-state index < -0.39 is 12.1 Å². The van der Waals surface area contributed by atoms with E-state index in [-0.39, 0.29) is 11.1 Å². The molecule has 82 valence electrons. The van der Waals surface area contributed by atoms with Crippen molar-refractivity contribution in [3.05, 3.63) is 0 Å². The molecule has 0 aromatic rings. The first-order valence-corrected chi connectivity index (χ1v) is 6.59. The standard InChI is InChI=1S/C8H14BrNO3S/c1-13-8(12)10-6(3-4-14-2)7(11)5-9/h6H,3-5H2,1-2H3,(H,10,12). The lowest BCUT2D eigenvalue weighted by atomic mass is 10.1. The molecule has 0 spiro atoms. The maximum Gasteiger partial charge on any atom is 0.407 e. The summed E-state index contributed by atoms with van der Waals surface area (Å²) >= 11 is 4.70. The van der Waals surface area contributed by atoms with Gasteiger partial charge in [0, 0.05) is 0 Å². The lowest BCUT2D eigenvalue weighted by molar-refractivity contribution is -0.118. The molecule has 0 aliphatic carbocycles. The van der Waals surface area contributed by atoms with Gasteiger partial charge in [0.25, 0.3) is 0 Å². The number of alkyl halides is 1. The number of amides is 1. The Labute approximate surface area is 96.3 Å². The first kappa shape index (κ1) is 13.8. The highest BCUT2D eigenvalue weighted by Gasteiger charge is 2.19. The number of methoxy groups -OCH3 is 1. The van der Waals surface area contributed by atoms with Crippen LogP contribution in [0.5, 0.6) is 0 Å². The molecule has 0 radical (unpaired) electrons. The van der Waals surface area contributed by atoms with Gasteiger partial charge in [0.2, 0.25) is 0 Å². The summed E-state index contributed by atoms with van der Waals surface area (Å²) in [6, 6.07) is -0.450. The maximum atomic E-state index is 11.3. The van der Waals surface area contributed by atoms with Crippen LogP contribution in [0.15, 0.2) is 0 Å². The summed E-state index contributed by atoms with van der Waals surface area (Å²) in [5.41, 5.74) is 0. The Hall–Kier alpha value is -0.230. The fourth-order valence-corrected chi connectivity index (χ4v) is 1.71. The van der Waals surface area contributed by atoms with Gasteiger partial charge in [-0.15, -0.1) is 0 Å². The first-order chi connectivity index (χ1) is 6.65. The Morgan fingerprint density at radius 3 is 2.64 bits per heavy atom. The minimum Gasteiger partial charge on any atom is -0.453 e. The van der Waals surface area contributed by atoms with Crippen molar-refractivity contribution in [3.63, 3.8) is 0 Å². The van der Waals surface area contributed by atoms with Crippen molar-refractivity contribution in [2.24, 2.45) is 0 Å². The molecular weight excluding hydrogens is 270 g/mol. The van der Waals surface area contributed by atoms with Crippen LogP contribution < -0.4 is 5.32 Å². The van der Waals surface area contributed by atoms with Crippen LogP contribution in [0.3, 0.4) is 0 Å². The van der Waals surface area contributed by atoms with Crippen LogP contribution in [0.25, 0.3) is 0 Å². The van der Waals surface area contributed by atoms with Gasteiger partial charge in [-0.25, -0.2) is 4.79 Å². The van der Waals surface area contributed by atoms with E-state index in [2.05, 4.69) is 26.0 Å². The summed E-state index contributed by atoms with van der Waals surface area (Å²) in [5, 5.41) is 2.74. The van der Waals surface area contributed by atoms with Gasteiger partial charge in [-0.3, -0.25) is 4.79 Å². The second-order valence-electron chi connectivity index (χ2n) is 2.57. The fraction of sp³-hybridized carbons (Fsp3) is 0.750. The van der Waals surface area contributed by atoms with Gasteiger partial charge < -0.3 is 10.1 Å². The van der Waals surface area contributed by atoms with E-state index >= 15 is 0 Å². The molecule has 1 amide bonds. The van der Waals surface area contributed by atoms with Crippen LogP contribution in [0, 0.1) is 0 Å². The smallest absolute Gasteiger partial charge is 0.407 e. The van der Waals surface area contributed by atoms with Gasteiger partial charge in [-0.1, -0.05) is 15.9 Å². The highest BCUT2D eigenvalue weighted by atomic mass is 79.9. The van der Waals surface area contributed by atoms with Crippen LogP contribution in [0.1, 0.15) is 6.42 Å². The Bertz CT molecular complexity index is 201. The molecule has 14 heavy (non-hydrogen) atoms. The second kappa shape index (κ2) is 8.11. The number of rotatable bonds is 6. The van der Waals surface area contributed by atoms with Crippen molar-refractivity contribution in [2.75, 3.05) is 24.4 Å². The molecular formula is C8H14BrNO3S. The SMILES string of the molecule is COC(=O)NC(CCSC)C(=O)CBr. The van der Waals surface area contributed by atoms with E-state index in [4.69, 9.17) is 0 Å². The molecule has 0 saturated carbocycles. The summed E-state index contributed by atoms with van der Waals surface area (Å²) < 4.78 is 4.43. The third-order valence-electron chi connectivity index (χ3n) is 1.61. The number of thioether (sulfide) groups is 1. The molecule has 6 heteroatoms. The highest BCUT2D eigenvalue weighted by molar-refractivity contribution is 9.09. The van der Waals surface area contributed by atoms with Gasteiger partial charge in [0.15, 0.2) is 5.78 Å². The second-order valence-corrected chi connectivity index (χ2v) is 4.12. The van der Waals surface area contributed by atoms with Crippen molar-refractivity contribution in [1.82, 2.24) is 5.32 Å². The van der Waals surface area contributed by atoms with E-state index in [1.54, 1.807) is 11.8 Å². The number of carbonyl (C=O) groups is 2. The summed E-state index contributed by atoms with van der Waals surface area (Å²) in [7, 11) is 1.28. The summed E-state index contributed by atoms with van der Waals surface area (Å²) in [5.74, 6) is 0.789.